The maximum Gasteiger partial charge on any atom is 0.254 e. The third-order valence-corrected chi connectivity index (χ3v) is 5.16. The van der Waals surface area contributed by atoms with Crippen LogP contribution < -0.4 is 9.64 Å². The Labute approximate surface area is 175 Å². The van der Waals surface area contributed by atoms with Crippen LogP contribution in [0.4, 0.5) is 5.82 Å². The van der Waals surface area contributed by atoms with E-state index in [9.17, 15) is 4.79 Å². The number of pyridine rings is 1. The smallest absolute Gasteiger partial charge is 0.254 e. The Kier molecular flexibility index (Phi) is 5.96. The van der Waals surface area contributed by atoms with Crippen molar-refractivity contribution in [2.45, 2.75) is 6.61 Å². The van der Waals surface area contributed by atoms with Crippen molar-refractivity contribution in [1.29, 1.82) is 0 Å². The minimum atomic E-state index is 0.0267. The molecule has 6 heteroatoms. The number of hydrogen-bond acceptors (Lipinski definition) is 4. The molecule has 0 spiro atoms. The second kappa shape index (κ2) is 8.97. The van der Waals surface area contributed by atoms with Crippen LogP contribution in [0.2, 0.25) is 5.02 Å². The van der Waals surface area contributed by atoms with Gasteiger partial charge in [0.1, 0.15) is 18.2 Å². The van der Waals surface area contributed by atoms with Crippen LogP contribution in [-0.2, 0) is 6.61 Å². The van der Waals surface area contributed by atoms with E-state index in [0.29, 0.717) is 36.0 Å². The van der Waals surface area contributed by atoms with Gasteiger partial charge in [0.15, 0.2) is 0 Å². The number of ether oxygens (including phenoxy) is 1. The fourth-order valence-electron chi connectivity index (χ4n) is 3.34. The van der Waals surface area contributed by atoms with Gasteiger partial charge in [-0.25, -0.2) is 4.98 Å². The number of amides is 1. The summed E-state index contributed by atoms with van der Waals surface area (Å²) in [7, 11) is 0. The van der Waals surface area contributed by atoms with Crippen LogP contribution in [0.25, 0.3) is 0 Å². The number of carbonyl (C=O) groups is 1. The Morgan fingerprint density at radius 2 is 1.76 bits per heavy atom. The third-order valence-electron chi connectivity index (χ3n) is 4.93. The topological polar surface area (TPSA) is 45.7 Å². The first-order chi connectivity index (χ1) is 14.2. The van der Waals surface area contributed by atoms with Gasteiger partial charge < -0.3 is 14.5 Å². The van der Waals surface area contributed by atoms with Crippen LogP contribution in [0, 0.1) is 0 Å². The molecule has 2 aromatic carbocycles. The van der Waals surface area contributed by atoms with Crippen molar-refractivity contribution in [2.75, 3.05) is 31.1 Å². The lowest BCUT2D eigenvalue weighted by molar-refractivity contribution is 0.0746. The van der Waals surface area contributed by atoms with Gasteiger partial charge in [0, 0.05) is 37.9 Å². The van der Waals surface area contributed by atoms with Gasteiger partial charge in [-0.1, -0.05) is 48.0 Å². The van der Waals surface area contributed by atoms with E-state index in [-0.39, 0.29) is 5.91 Å². The summed E-state index contributed by atoms with van der Waals surface area (Å²) >= 11 is 5.91. The average molecular weight is 408 g/mol. The molecule has 0 bridgehead atoms. The molecule has 1 aliphatic rings. The lowest BCUT2D eigenvalue weighted by Crippen LogP contribution is -2.49. The minimum absolute atomic E-state index is 0.0267. The molecule has 3 aromatic rings. The van der Waals surface area contributed by atoms with Gasteiger partial charge in [0.25, 0.3) is 5.91 Å². The number of nitrogens with zero attached hydrogens (tertiary/aromatic N) is 3. The zero-order valence-electron chi connectivity index (χ0n) is 16.0. The van der Waals surface area contributed by atoms with Gasteiger partial charge in [-0.15, -0.1) is 0 Å². The minimum Gasteiger partial charge on any atom is -0.489 e. The highest BCUT2D eigenvalue weighted by atomic mass is 35.5. The van der Waals surface area contributed by atoms with Crippen molar-refractivity contribution >= 4 is 23.3 Å². The van der Waals surface area contributed by atoms with E-state index in [4.69, 9.17) is 16.3 Å². The van der Waals surface area contributed by atoms with Crippen molar-refractivity contribution < 1.29 is 9.53 Å². The molecule has 0 atom stereocenters. The molecule has 2 heterocycles. The number of hydrogen-bond donors (Lipinski definition) is 0. The highest BCUT2D eigenvalue weighted by molar-refractivity contribution is 6.30. The van der Waals surface area contributed by atoms with E-state index in [1.54, 1.807) is 6.20 Å². The zero-order chi connectivity index (χ0) is 20.1. The standard InChI is InChI=1S/C23H22ClN3O2/c24-20-9-10-22(25-16-20)26-11-13-27(14-12-26)23(28)19-7-4-8-21(15-19)29-17-18-5-2-1-3-6-18/h1-10,15-16H,11-14,17H2. The maximum atomic E-state index is 12.9. The Morgan fingerprint density at radius 1 is 0.966 bits per heavy atom. The number of halogens is 1. The summed E-state index contributed by atoms with van der Waals surface area (Å²) < 4.78 is 5.86. The quantitative estimate of drug-likeness (QED) is 0.633. The monoisotopic (exact) mass is 407 g/mol. The largest absolute Gasteiger partial charge is 0.489 e. The van der Waals surface area contributed by atoms with Crippen LogP contribution in [0.1, 0.15) is 15.9 Å². The molecule has 5 nitrogen and oxygen atoms in total. The molecular formula is C23H22ClN3O2. The van der Waals surface area contributed by atoms with Gasteiger partial charge in [0.2, 0.25) is 0 Å². The highest BCUT2D eigenvalue weighted by Gasteiger charge is 2.23. The summed E-state index contributed by atoms with van der Waals surface area (Å²) in [6, 6.07) is 21.1. The Bertz CT molecular complexity index is 955. The Morgan fingerprint density at radius 3 is 2.48 bits per heavy atom. The number of rotatable bonds is 5. The first-order valence-electron chi connectivity index (χ1n) is 9.61. The van der Waals surface area contributed by atoms with Gasteiger partial charge in [-0.2, -0.15) is 0 Å². The molecular weight excluding hydrogens is 386 g/mol. The van der Waals surface area contributed by atoms with Gasteiger partial charge in [-0.05, 0) is 35.9 Å². The van der Waals surface area contributed by atoms with Crippen LogP contribution >= 0.6 is 11.6 Å². The highest BCUT2D eigenvalue weighted by Crippen LogP contribution is 2.19. The molecule has 29 heavy (non-hydrogen) atoms. The Balaban J connectivity index is 1.35. The predicted molar refractivity (Wildman–Crippen MR) is 115 cm³/mol. The zero-order valence-corrected chi connectivity index (χ0v) is 16.8. The maximum absolute atomic E-state index is 12.9. The third kappa shape index (κ3) is 4.87. The fraction of sp³-hybridized carbons (Fsp3) is 0.217. The van der Waals surface area contributed by atoms with Crippen molar-refractivity contribution in [2.24, 2.45) is 0 Å². The van der Waals surface area contributed by atoms with Crippen molar-refractivity contribution in [3.8, 4) is 5.75 Å². The molecule has 0 unspecified atom stereocenters. The fourth-order valence-corrected chi connectivity index (χ4v) is 3.45. The summed E-state index contributed by atoms with van der Waals surface area (Å²) in [5, 5.41) is 0.622. The van der Waals surface area contributed by atoms with Crippen LogP contribution in [0.3, 0.4) is 0 Å². The molecule has 1 saturated heterocycles. The summed E-state index contributed by atoms with van der Waals surface area (Å²) in [5.41, 5.74) is 1.74. The number of anilines is 1. The van der Waals surface area contributed by atoms with Gasteiger partial charge >= 0.3 is 0 Å². The summed E-state index contributed by atoms with van der Waals surface area (Å²) in [4.78, 5) is 21.3. The molecule has 1 aliphatic heterocycles. The van der Waals surface area contributed by atoms with Crippen LogP contribution in [0.5, 0.6) is 5.75 Å². The number of benzene rings is 2. The van der Waals surface area contributed by atoms with E-state index < -0.39 is 0 Å². The van der Waals surface area contributed by atoms with E-state index in [2.05, 4.69) is 9.88 Å². The van der Waals surface area contributed by atoms with Crippen molar-refractivity contribution in [1.82, 2.24) is 9.88 Å². The van der Waals surface area contributed by atoms with E-state index in [1.807, 2.05) is 71.6 Å². The molecule has 1 aromatic heterocycles. The normalized spacial score (nSPS) is 14.0. The molecule has 0 aliphatic carbocycles. The first kappa shape index (κ1) is 19.3. The van der Waals surface area contributed by atoms with Crippen LogP contribution in [-0.4, -0.2) is 42.0 Å². The number of piperazine rings is 1. The van der Waals surface area contributed by atoms with E-state index in [0.717, 1.165) is 24.5 Å². The number of aromatic nitrogens is 1. The second-order valence-electron chi connectivity index (χ2n) is 6.92. The lowest BCUT2D eigenvalue weighted by Gasteiger charge is -2.35. The van der Waals surface area contributed by atoms with Crippen molar-refractivity contribution in [3.05, 3.63) is 89.1 Å². The second-order valence-corrected chi connectivity index (χ2v) is 7.35. The summed E-state index contributed by atoms with van der Waals surface area (Å²) in [5.74, 6) is 1.61. The predicted octanol–water partition coefficient (Wildman–Crippen LogP) is 4.28. The SMILES string of the molecule is O=C(c1cccc(OCc2ccccc2)c1)N1CCN(c2ccc(Cl)cn2)CC1. The van der Waals surface area contributed by atoms with Gasteiger partial charge in [0.05, 0.1) is 5.02 Å². The molecule has 1 fully saturated rings. The van der Waals surface area contributed by atoms with E-state index >= 15 is 0 Å². The Hall–Kier alpha value is -3.05. The lowest BCUT2D eigenvalue weighted by atomic mass is 10.1. The average Bonchev–Trinajstić information content (AvgIpc) is 2.79. The summed E-state index contributed by atoms with van der Waals surface area (Å²) in [6.45, 7) is 3.26. The van der Waals surface area contributed by atoms with E-state index in [1.165, 1.54) is 0 Å². The number of carbonyl (C=O) groups excluding carboxylic acids is 1. The molecule has 148 valence electrons. The first-order valence-corrected chi connectivity index (χ1v) is 9.99. The molecule has 0 N–H and O–H groups in total. The molecule has 1 amide bonds. The molecule has 0 saturated carbocycles. The molecule has 0 radical (unpaired) electrons. The summed E-state index contributed by atoms with van der Waals surface area (Å²) in [6.07, 6.45) is 1.65. The van der Waals surface area contributed by atoms with Crippen LogP contribution in [0.15, 0.2) is 72.9 Å². The van der Waals surface area contributed by atoms with Gasteiger partial charge in [-0.3, -0.25) is 4.79 Å². The van der Waals surface area contributed by atoms with Crippen molar-refractivity contribution in [3.63, 3.8) is 0 Å². The molecule has 4 rings (SSSR count).